The number of carbonyl (C=O) groups is 4. The molecule has 2 aliphatic heterocycles. The van der Waals surface area contributed by atoms with Gasteiger partial charge in [0.25, 0.3) is 11.4 Å². The van der Waals surface area contributed by atoms with Crippen LogP contribution in [0.3, 0.4) is 0 Å². The lowest BCUT2D eigenvalue weighted by Gasteiger charge is -2.44. The van der Waals surface area contributed by atoms with Crippen LogP contribution >= 0.6 is 0 Å². The number of fused-ring (bicyclic) bond motifs is 4. The number of aromatic hydroxyl groups is 1. The van der Waals surface area contributed by atoms with Crippen molar-refractivity contribution in [2.24, 2.45) is 29.6 Å². The number of para-hydroxylation sites is 1. The third-order valence-electron chi connectivity index (χ3n) is 9.85. The van der Waals surface area contributed by atoms with E-state index in [1.807, 2.05) is 6.08 Å². The summed E-state index contributed by atoms with van der Waals surface area (Å²) in [6.45, 7) is 1.70. The molecule has 4 amide bonds. The van der Waals surface area contributed by atoms with Crippen LogP contribution in [0.2, 0.25) is 0 Å². The third-order valence-corrected chi connectivity index (χ3v) is 9.85. The quantitative estimate of drug-likeness (QED) is 0.185. The second-order valence-corrected chi connectivity index (χ2v) is 12.1. The number of rotatable bonds is 5. The fraction of sp³-hybridized carbons (Fsp3) is 0.273. The van der Waals surface area contributed by atoms with E-state index < -0.39 is 69.0 Å². The van der Waals surface area contributed by atoms with Gasteiger partial charge >= 0.3 is 0 Å². The van der Waals surface area contributed by atoms with Crippen LogP contribution in [0.4, 0.5) is 22.7 Å². The Balaban J connectivity index is 1.34. The summed E-state index contributed by atoms with van der Waals surface area (Å²) in [6, 6.07) is 15.6. The minimum Gasteiger partial charge on any atom is -0.507 e. The molecule has 4 aliphatic rings. The van der Waals surface area contributed by atoms with Gasteiger partial charge in [-0.3, -0.25) is 39.4 Å². The summed E-state index contributed by atoms with van der Waals surface area (Å²) in [4.78, 5) is 79.7. The first-order valence-corrected chi connectivity index (χ1v) is 14.7. The number of nitro groups is 2. The van der Waals surface area contributed by atoms with Gasteiger partial charge in [-0.1, -0.05) is 42.0 Å². The number of hydrogen-bond acceptors (Lipinski definition) is 9. The molecule has 2 heterocycles. The molecule has 46 heavy (non-hydrogen) atoms. The van der Waals surface area contributed by atoms with Crippen molar-refractivity contribution in [3.05, 3.63) is 110 Å². The van der Waals surface area contributed by atoms with Crippen molar-refractivity contribution in [2.75, 3.05) is 9.80 Å². The summed E-state index contributed by atoms with van der Waals surface area (Å²) in [5, 5.41) is 34.2. The largest absolute Gasteiger partial charge is 0.507 e. The number of benzene rings is 3. The summed E-state index contributed by atoms with van der Waals surface area (Å²) in [6.07, 6.45) is 2.03. The van der Waals surface area contributed by atoms with Gasteiger partial charge in [0.15, 0.2) is 0 Å². The van der Waals surface area contributed by atoms with E-state index in [-0.39, 0.29) is 41.3 Å². The van der Waals surface area contributed by atoms with Crippen LogP contribution in [0, 0.1) is 56.7 Å². The second-order valence-electron chi connectivity index (χ2n) is 12.1. The Hall–Kier alpha value is -5.72. The number of non-ortho nitro benzene ring substituents is 2. The van der Waals surface area contributed by atoms with Gasteiger partial charge in [0, 0.05) is 35.7 Å². The van der Waals surface area contributed by atoms with Crippen LogP contribution in [0.25, 0.3) is 0 Å². The minimum atomic E-state index is -0.974. The highest BCUT2D eigenvalue weighted by atomic mass is 16.6. The van der Waals surface area contributed by atoms with Crippen LogP contribution in [0.5, 0.6) is 5.75 Å². The van der Waals surface area contributed by atoms with E-state index in [0.717, 1.165) is 15.9 Å². The lowest BCUT2D eigenvalue weighted by atomic mass is 9.57. The summed E-state index contributed by atoms with van der Waals surface area (Å²) in [5.74, 6) is -7.37. The maximum absolute atomic E-state index is 14.2. The fourth-order valence-corrected chi connectivity index (χ4v) is 7.87. The molecule has 0 bridgehead atoms. The lowest BCUT2D eigenvalue weighted by Crippen LogP contribution is -2.43. The first-order valence-electron chi connectivity index (χ1n) is 14.7. The van der Waals surface area contributed by atoms with Crippen molar-refractivity contribution in [2.45, 2.75) is 25.7 Å². The topological polar surface area (TPSA) is 181 Å². The zero-order chi connectivity index (χ0) is 32.6. The Morgan fingerprint density at radius 2 is 1.26 bits per heavy atom. The smallest absolute Gasteiger partial charge is 0.271 e. The molecule has 1 N–H and O–H groups in total. The van der Waals surface area contributed by atoms with Gasteiger partial charge in [0.1, 0.15) is 5.75 Å². The van der Waals surface area contributed by atoms with Gasteiger partial charge in [-0.25, -0.2) is 9.80 Å². The number of phenolic OH excluding ortho intramolecular Hbond substituents is 1. The SMILES string of the molecule is Cc1cccc([C@H]2C3=CC[C@@H]4C(=O)N(c5cccc([N+](=O)[O-])c5)C(=O)[C@@H]4[C@@H]3C[C@H]3C(=O)N(c4cccc([N+](=O)[O-])c4)C(=O)[C@@H]23)c1O. The average molecular weight is 623 g/mol. The molecule has 232 valence electrons. The zero-order valence-corrected chi connectivity index (χ0v) is 24.3. The molecule has 0 aromatic heterocycles. The maximum Gasteiger partial charge on any atom is 0.271 e. The molecule has 3 aromatic carbocycles. The van der Waals surface area contributed by atoms with Crippen LogP contribution in [0.15, 0.2) is 78.4 Å². The Kier molecular flexibility index (Phi) is 6.58. The molecule has 0 spiro atoms. The predicted molar refractivity (Wildman–Crippen MR) is 162 cm³/mol. The molecular weight excluding hydrogens is 596 g/mol. The van der Waals surface area contributed by atoms with Gasteiger partial charge in [-0.15, -0.1) is 0 Å². The fourth-order valence-electron chi connectivity index (χ4n) is 7.87. The molecule has 1 saturated carbocycles. The highest BCUT2D eigenvalue weighted by Crippen LogP contribution is 2.59. The van der Waals surface area contributed by atoms with Gasteiger partial charge in [0.05, 0.1) is 44.9 Å². The zero-order valence-electron chi connectivity index (χ0n) is 24.3. The van der Waals surface area contributed by atoms with E-state index in [2.05, 4.69) is 0 Å². The highest BCUT2D eigenvalue weighted by molar-refractivity contribution is 6.24. The molecule has 7 rings (SSSR count). The van der Waals surface area contributed by atoms with E-state index in [0.29, 0.717) is 16.7 Å². The first kappa shape index (κ1) is 29.0. The highest BCUT2D eigenvalue weighted by Gasteiger charge is 2.62. The van der Waals surface area contributed by atoms with Crippen LogP contribution < -0.4 is 9.80 Å². The Morgan fingerprint density at radius 1 is 0.717 bits per heavy atom. The molecule has 13 heteroatoms. The maximum atomic E-state index is 14.2. The standard InChI is InChI=1S/C33H26N4O9/c1-16-5-2-10-22(29(16)38)26-21-11-12-23-27(32(41)34(30(23)39)17-6-3-8-19(13-17)36(43)44)24(21)15-25-28(26)33(42)35(31(25)40)18-7-4-9-20(14-18)37(45)46/h2-11,13-14,23-28,38H,12,15H2,1H3/t23-,24+,25+,26+,27-,28+/m0/s1. The molecule has 0 unspecified atom stereocenters. The summed E-state index contributed by atoms with van der Waals surface area (Å²) in [7, 11) is 0. The van der Waals surface area contributed by atoms with Gasteiger partial charge in [0.2, 0.25) is 23.6 Å². The number of amides is 4. The Labute approximate surface area is 261 Å². The normalized spacial score (nSPS) is 26.8. The average Bonchev–Trinajstić information content (AvgIpc) is 3.45. The number of nitrogens with zero attached hydrogens (tertiary/aromatic N) is 4. The van der Waals surface area contributed by atoms with Crippen LogP contribution in [-0.2, 0) is 19.2 Å². The minimum absolute atomic E-state index is 0.0459. The van der Waals surface area contributed by atoms with E-state index in [9.17, 15) is 44.5 Å². The molecule has 13 nitrogen and oxygen atoms in total. The lowest BCUT2D eigenvalue weighted by molar-refractivity contribution is -0.385. The molecular formula is C33H26N4O9. The number of nitro benzene ring substituents is 2. The number of allylic oxidation sites excluding steroid dienone is 2. The summed E-state index contributed by atoms with van der Waals surface area (Å²) in [5.41, 5.74) is 1.15. The summed E-state index contributed by atoms with van der Waals surface area (Å²) < 4.78 is 0. The number of aryl methyl sites for hydroxylation is 1. The number of imide groups is 2. The van der Waals surface area contributed by atoms with E-state index in [1.54, 1.807) is 25.1 Å². The third kappa shape index (κ3) is 4.15. The first-order chi connectivity index (χ1) is 22.0. The molecule has 6 atom stereocenters. The van der Waals surface area contributed by atoms with E-state index in [1.165, 1.54) is 42.5 Å². The summed E-state index contributed by atoms with van der Waals surface area (Å²) >= 11 is 0. The van der Waals surface area contributed by atoms with Crippen molar-refractivity contribution in [3.8, 4) is 5.75 Å². The van der Waals surface area contributed by atoms with E-state index >= 15 is 0 Å². The predicted octanol–water partition coefficient (Wildman–Crippen LogP) is 4.56. The van der Waals surface area contributed by atoms with Gasteiger partial charge in [-0.2, -0.15) is 0 Å². The number of phenols is 1. The van der Waals surface area contributed by atoms with Gasteiger partial charge in [-0.05, 0) is 43.4 Å². The van der Waals surface area contributed by atoms with Crippen molar-refractivity contribution in [1.82, 2.24) is 0 Å². The van der Waals surface area contributed by atoms with Crippen molar-refractivity contribution >= 4 is 46.4 Å². The number of hydrogen-bond donors (Lipinski definition) is 1. The van der Waals surface area contributed by atoms with Gasteiger partial charge < -0.3 is 5.11 Å². The Bertz CT molecular complexity index is 1940. The molecule has 3 fully saturated rings. The van der Waals surface area contributed by atoms with Crippen LogP contribution in [-0.4, -0.2) is 38.6 Å². The van der Waals surface area contributed by atoms with E-state index in [4.69, 9.17) is 0 Å². The molecule has 0 radical (unpaired) electrons. The van der Waals surface area contributed by atoms with Crippen molar-refractivity contribution in [1.29, 1.82) is 0 Å². The molecule has 2 saturated heterocycles. The number of carbonyl (C=O) groups excluding carboxylic acids is 4. The Morgan fingerprint density at radius 3 is 1.85 bits per heavy atom. The van der Waals surface area contributed by atoms with Crippen molar-refractivity contribution < 1.29 is 34.1 Å². The van der Waals surface area contributed by atoms with Crippen molar-refractivity contribution in [3.63, 3.8) is 0 Å². The number of anilines is 2. The molecule has 3 aromatic rings. The molecule has 2 aliphatic carbocycles. The monoisotopic (exact) mass is 622 g/mol. The van der Waals surface area contributed by atoms with Crippen LogP contribution in [0.1, 0.15) is 29.9 Å². The second kappa shape index (κ2) is 10.4.